The largest absolute Gasteiger partial charge is 0.417 e. The number of alkyl halides is 3. The summed E-state index contributed by atoms with van der Waals surface area (Å²) in [4.78, 5) is 14.8. The molecular formula is C19H22F3N5O3S. The van der Waals surface area contributed by atoms with Crippen LogP contribution in [0.1, 0.15) is 29.8 Å². The molecule has 0 bridgehead atoms. The van der Waals surface area contributed by atoms with E-state index in [1.165, 1.54) is 13.0 Å². The van der Waals surface area contributed by atoms with Gasteiger partial charge < -0.3 is 9.64 Å². The zero-order chi connectivity index (χ0) is 22.4. The van der Waals surface area contributed by atoms with Gasteiger partial charge in [0.25, 0.3) is 0 Å². The van der Waals surface area contributed by atoms with E-state index in [1.807, 2.05) is 4.90 Å². The van der Waals surface area contributed by atoms with Crippen molar-refractivity contribution in [1.82, 2.24) is 19.7 Å². The first kappa shape index (κ1) is 21.9. The van der Waals surface area contributed by atoms with Crippen molar-refractivity contribution >= 4 is 16.0 Å². The van der Waals surface area contributed by atoms with Crippen molar-refractivity contribution in [3.63, 3.8) is 0 Å². The number of anilines is 1. The lowest BCUT2D eigenvalue weighted by molar-refractivity contribution is -0.137. The van der Waals surface area contributed by atoms with Crippen molar-refractivity contribution < 1.29 is 26.3 Å². The predicted octanol–water partition coefficient (Wildman–Crippen LogP) is 2.24. The van der Waals surface area contributed by atoms with Gasteiger partial charge in [0.15, 0.2) is 0 Å². The van der Waals surface area contributed by atoms with Crippen LogP contribution in [0, 0.1) is 6.92 Å². The number of hydrogen-bond acceptors (Lipinski definition) is 7. The molecule has 1 N–H and O–H groups in total. The molecule has 31 heavy (non-hydrogen) atoms. The Bertz CT molecular complexity index is 1100. The van der Waals surface area contributed by atoms with Gasteiger partial charge in [0.1, 0.15) is 0 Å². The lowest BCUT2D eigenvalue weighted by atomic mass is 10.0. The van der Waals surface area contributed by atoms with Crippen LogP contribution in [0.3, 0.4) is 0 Å². The van der Waals surface area contributed by atoms with E-state index >= 15 is 0 Å². The first-order valence-corrected chi connectivity index (χ1v) is 11.6. The molecule has 1 aliphatic heterocycles. The number of pyridine rings is 1. The van der Waals surface area contributed by atoms with E-state index in [0.29, 0.717) is 44.8 Å². The van der Waals surface area contributed by atoms with E-state index in [9.17, 15) is 21.6 Å². The zero-order valence-corrected chi connectivity index (χ0v) is 17.8. The molecule has 2 fully saturated rings. The number of morpholine rings is 1. The van der Waals surface area contributed by atoms with Gasteiger partial charge in [0.2, 0.25) is 16.0 Å². The molecule has 0 aromatic carbocycles. The average molecular weight is 457 g/mol. The summed E-state index contributed by atoms with van der Waals surface area (Å²) < 4.78 is 72.9. The first-order valence-electron chi connectivity index (χ1n) is 9.72. The second-order valence-corrected chi connectivity index (χ2v) is 9.61. The van der Waals surface area contributed by atoms with Crippen LogP contribution in [0.2, 0.25) is 0 Å². The summed E-state index contributed by atoms with van der Waals surface area (Å²) in [5.74, 6) is 0.242. The molecule has 0 unspecified atom stereocenters. The Hall–Kier alpha value is -2.31. The van der Waals surface area contributed by atoms with Crippen LogP contribution in [-0.4, -0.2) is 55.9 Å². The van der Waals surface area contributed by atoms with Gasteiger partial charge in [-0.3, -0.25) is 4.98 Å². The maximum absolute atomic E-state index is 13.7. The molecule has 2 aliphatic rings. The molecule has 168 valence electrons. The summed E-state index contributed by atoms with van der Waals surface area (Å²) in [5.41, 5.74) is -1.34. The fourth-order valence-corrected chi connectivity index (χ4v) is 4.63. The fourth-order valence-electron chi connectivity index (χ4n) is 3.61. The molecule has 1 saturated carbocycles. The lowest BCUT2D eigenvalue weighted by Gasteiger charge is -2.28. The van der Waals surface area contributed by atoms with Gasteiger partial charge in [-0.15, -0.1) is 0 Å². The third kappa shape index (κ3) is 4.80. The molecule has 12 heteroatoms. The summed E-state index contributed by atoms with van der Waals surface area (Å²) in [6, 6.07) is 2.41. The van der Waals surface area contributed by atoms with E-state index in [4.69, 9.17) is 4.74 Å². The fraction of sp³-hybridized carbons (Fsp3) is 0.526. The molecule has 4 rings (SSSR count). The molecule has 2 aromatic rings. The molecule has 0 amide bonds. The first-order chi connectivity index (χ1) is 14.5. The van der Waals surface area contributed by atoms with Crippen molar-refractivity contribution in [2.45, 2.75) is 31.5 Å². The second kappa shape index (κ2) is 7.68. The van der Waals surface area contributed by atoms with Gasteiger partial charge in [0.05, 0.1) is 42.0 Å². The summed E-state index contributed by atoms with van der Waals surface area (Å²) >= 11 is 0. The molecule has 0 radical (unpaired) electrons. The lowest BCUT2D eigenvalue weighted by Crippen LogP contribution is -2.39. The Kier molecular flexibility index (Phi) is 5.42. The number of nitrogens with zero attached hydrogens (tertiary/aromatic N) is 4. The normalized spacial score (nSPS) is 18.8. The minimum Gasteiger partial charge on any atom is -0.378 e. The number of hydrogen-bond donors (Lipinski definition) is 1. The average Bonchev–Trinajstić information content (AvgIpc) is 3.46. The SMILES string of the molecule is Cc1cc(C(F)(F)F)c(-c2cc(C3(NS(C)(=O)=O)CC3)nc(N3CCOCC3)n2)cn1. The monoisotopic (exact) mass is 457 g/mol. The van der Waals surface area contributed by atoms with E-state index < -0.39 is 27.3 Å². The molecule has 2 aromatic heterocycles. The van der Waals surface area contributed by atoms with Crippen molar-refractivity contribution in [2.75, 3.05) is 37.5 Å². The topological polar surface area (TPSA) is 97.3 Å². The third-order valence-electron chi connectivity index (χ3n) is 5.25. The number of nitrogens with one attached hydrogen (secondary N) is 1. The Morgan fingerprint density at radius 1 is 1.16 bits per heavy atom. The summed E-state index contributed by atoms with van der Waals surface area (Å²) in [7, 11) is -3.56. The van der Waals surface area contributed by atoms with E-state index in [0.717, 1.165) is 18.5 Å². The molecule has 3 heterocycles. The van der Waals surface area contributed by atoms with Crippen LogP contribution in [0.5, 0.6) is 0 Å². The van der Waals surface area contributed by atoms with Crippen molar-refractivity contribution in [3.05, 3.63) is 35.3 Å². The Balaban J connectivity index is 1.87. The molecule has 0 spiro atoms. The number of sulfonamides is 1. The summed E-state index contributed by atoms with van der Waals surface area (Å²) in [6.45, 7) is 3.32. The predicted molar refractivity (Wildman–Crippen MR) is 107 cm³/mol. The number of aromatic nitrogens is 3. The Morgan fingerprint density at radius 3 is 2.42 bits per heavy atom. The number of aryl methyl sites for hydroxylation is 1. The van der Waals surface area contributed by atoms with Crippen LogP contribution in [0.4, 0.5) is 19.1 Å². The van der Waals surface area contributed by atoms with Gasteiger partial charge in [-0.2, -0.15) is 13.2 Å². The number of halogens is 3. The van der Waals surface area contributed by atoms with E-state index in [-0.39, 0.29) is 22.9 Å². The van der Waals surface area contributed by atoms with Crippen molar-refractivity contribution in [1.29, 1.82) is 0 Å². The van der Waals surface area contributed by atoms with Gasteiger partial charge >= 0.3 is 6.18 Å². The Labute approximate surface area is 177 Å². The molecule has 0 atom stereocenters. The van der Waals surface area contributed by atoms with Crippen LogP contribution < -0.4 is 9.62 Å². The molecule has 8 nitrogen and oxygen atoms in total. The maximum atomic E-state index is 13.7. The second-order valence-electron chi connectivity index (χ2n) is 7.86. The van der Waals surface area contributed by atoms with Crippen LogP contribution >= 0.6 is 0 Å². The molecule has 1 aliphatic carbocycles. The standard InChI is InChI=1S/C19H22F3N5O3S/c1-12-9-14(19(20,21)22)13(11-23-12)15-10-16(18(3-4-18)26-31(2,28)29)25-17(24-15)27-5-7-30-8-6-27/h9-11,26H,3-8H2,1-2H3. The van der Waals surface area contributed by atoms with Gasteiger partial charge in [0, 0.05) is 30.5 Å². The van der Waals surface area contributed by atoms with Crippen LogP contribution in [0.15, 0.2) is 18.3 Å². The van der Waals surface area contributed by atoms with Crippen LogP contribution in [0.25, 0.3) is 11.3 Å². The maximum Gasteiger partial charge on any atom is 0.417 e. The van der Waals surface area contributed by atoms with Gasteiger partial charge in [-0.1, -0.05) is 0 Å². The molecule has 1 saturated heterocycles. The smallest absolute Gasteiger partial charge is 0.378 e. The minimum absolute atomic E-state index is 0.0490. The number of rotatable bonds is 5. The highest BCUT2D eigenvalue weighted by Gasteiger charge is 2.49. The zero-order valence-electron chi connectivity index (χ0n) is 17.0. The third-order valence-corrected chi connectivity index (χ3v) is 6.01. The van der Waals surface area contributed by atoms with E-state index in [2.05, 4.69) is 19.7 Å². The summed E-state index contributed by atoms with van der Waals surface area (Å²) in [5, 5.41) is 0. The highest BCUT2D eigenvalue weighted by molar-refractivity contribution is 7.88. The van der Waals surface area contributed by atoms with Crippen LogP contribution in [-0.2, 0) is 26.5 Å². The highest BCUT2D eigenvalue weighted by Crippen LogP contribution is 2.47. The summed E-state index contributed by atoms with van der Waals surface area (Å²) in [6.07, 6.45) is -1.41. The van der Waals surface area contributed by atoms with Gasteiger partial charge in [-0.05, 0) is 31.9 Å². The minimum atomic E-state index is -4.60. The van der Waals surface area contributed by atoms with Crippen molar-refractivity contribution in [2.24, 2.45) is 0 Å². The van der Waals surface area contributed by atoms with Crippen molar-refractivity contribution in [3.8, 4) is 11.3 Å². The molecular weight excluding hydrogens is 435 g/mol. The Morgan fingerprint density at radius 2 is 1.84 bits per heavy atom. The highest BCUT2D eigenvalue weighted by atomic mass is 32.2. The van der Waals surface area contributed by atoms with Gasteiger partial charge in [-0.25, -0.2) is 23.1 Å². The quantitative estimate of drug-likeness (QED) is 0.736. The van der Waals surface area contributed by atoms with E-state index in [1.54, 1.807) is 0 Å². The number of ether oxygens (including phenoxy) is 1.